The van der Waals surface area contributed by atoms with Crippen molar-refractivity contribution in [2.75, 3.05) is 19.7 Å². The van der Waals surface area contributed by atoms with Crippen LogP contribution in [0.1, 0.15) is 26.2 Å². The van der Waals surface area contributed by atoms with Crippen LogP contribution in [0.25, 0.3) is 0 Å². The van der Waals surface area contributed by atoms with Gasteiger partial charge in [0.15, 0.2) is 0 Å². The number of rotatable bonds is 3. The predicted octanol–water partition coefficient (Wildman–Crippen LogP) is 0.554. The average Bonchev–Trinajstić information content (AvgIpc) is 2.55. The van der Waals surface area contributed by atoms with Gasteiger partial charge in [-0.1, -0.05) is 6.42 Å². The number of carboxylic acids is 1. The van der Waals surface area contributed by atoms with E-state index in [0.717, 1.165) is 25.9 Å². The molecule has 86 valence electrons. The van der Waals surface area contributed by atoms with Crippen LogP contribution in [0, 0.1) is 11.3 Å². The third kappa shape index (κ3) is 1.66. The Kier molecular flexibility index (Phi) is 2.73. The molecule has 4 nitrogen and oxygen atoms in total. The maximum absolute atomic E-state index is 10.9. The third-order valence-electron chi connectivity index (χ3n) is 4.31. The van der Waals surface area contributed by atoms with Gasteiger partial charge in [-0.2, -0.15) is 0 Å². The molecule has 1 aliphatic heterocycles. The molecule has 0 bridgehead atoms. The van der Waals surface area contributed by atoms with Gasteiger partial charge < -0.3 is 10.2 Å². The van der Waals surface area contributed by atoms with Crippen molar-refractivity contribution in [1.29, 1.82) is 0 Å². The molecule has 1 saturated heterocycles. The average molecular weight is 213 g/mol. The van der Waals surface area contributed by atoms with Crippen LogP contribution < -0.4 is 0 Å². The Hall–Kier alpha value is -0.610. The Morgan fingerprint density at radius 1 is 1.60 bits per heavy atom. The zero-order valence-electron chi connectivity index (χ0n) is 9.15. The van der Waals surface area contributed by atoms with Gasteiger partial charge in [0.25, 0.3) is 0 Å². The van der Waals surface area contributed by atoms with Crippen molar-refractivity contribution in [3.63, 3.8) is 0 Å². The summed E-state index contributed by atoms with van der Waals surface area (Å²) >= 11 is 0. The highest BCUT2D eigenvalue weighted by molar-refractivity contribution is 5.72. The molecule has 0 aromatic rings. The quantitative estimate of drug-likeness (QED) is 0.719. The minimum absolute atomic E-state index is 0.197. The zero-order valence-corrected chi connectivity index (χ0v) is 9.15. The molecule has 2 N–H and O–H groups in total. The molecule has 2 atom stereocenters. The van der Waals surface area contributed by atoms with Gasteiger partial charge in [-0.05, 0) is 25.2 Å². The summed E-state index contributed by atoms with van der Waals surface area (Å²) in [4.78, 5) is 12.9. The molecule has 4 heteroatoms. The normalized spacial score (nSPS) is 31.5. The first-order chi connectivity index (χ1) is 7.09. The van der Waals surface area contributed by atoms with Crippen LogP contribution in [0.15, 0.2) is 0 Å². The third-order valence-corrected chi connectivity index (χ3v) is 4.31. The second-order valence-corrected chi connectivity index (χ2v) is 5.04. The highest BCUT2D eigenvalue weighted by Gasteiger charge is 2.51. The summed E-state index contributed by atoms with van der Waals surface area (Å²) < 4.78 is 0. The molecule has 1 heterocycles. The van der Waals surface area contributed by atoms with Gasteiger partial charge in [0, 0.05) is 25.6 Å². The Labute approximate surface area is 89.9 Å². The van der Waals surface area contributed by atoms with E-state index >= 15 is 0 Å². The molecule has 1 spiro atoms. The van der Waals surface area contributed by atoms with E-state index in [2.05, 4.69) is 0 Å². The number of carboxylic acid groups (broad SMARTS) is 1. The van der Waals surface area contributed by atoms with Crippen molar-refractivity contribution < 1.29 is 15.0 Å². The van der Waals surface area contributed by atoms with Gasteiger partial charge >= 0.3 is 5.97 Å². The van der Waals surface area contributed by atoms with Crippen LogP contribution in [0.4, 0.5) is 0 Å². The highest BCUT2D eigenvalue weighted by atomic mass is 16.4. The van der Waals surface area contributed by atoms with E-state index in [1.54, 1.807) is 6.92 Å². The van der Waals surface area contributed by atoms with E-state index < -0.39 is 12.0 Å². The van der Waals surface area contributed by atoms with Crippen molar-refractivity contribution in [2.24, 2.45) is 11.3 Å². The lowest BCUT2D eigenvalue weighted by molar-refractivity contribution is -0.142. The summed E-state index contributed by atoms with van der Waals surface area (Å²) in [7, 11) is 0. The number of aliphatic hydroxyl groups is 1. The van der Waals surface area contributed by atoms with Gasteiger partial charge in [-0.25, -0.2) is 0 Å². The Morgan fingerprint density at radius 3 is 2.60 bits per heavy atom. The molecule has 0 radical (unpaired) electrons. The molecule has 1 saturated carbocycles. The van der Waals surface area contributed by atoms with Crippen LogP contribution in [0.2, 0.25) is 0 Å². The Bertz CT molecular complexity index is 263. The summed E-state index contributed by atoms with van der Waals surface area (Å²) in [6.07, 6.45) is 3.54. The lowest BCUT2D eigenvalue weighted by atomic mass is 9.63. The first kappa shape index (κ1) is 10.9. The minimum atomic E-state index is -0.761. The van der Waals surface area contributed by atoms with Gasteiger partial charge in [-0.15, -0.1) is 0 Å². The molecule has 1 aliphatic carbocycles. The van der Waals surface area contributed by atoms with E-state index in [1.807, 2.05) is 4.90 Å². The standard InChI is InChI=1S/C11H19NO3/c1-8(10(14)15)12-5-9(6-13)11(7-12)3-2-4-11/h8-9,13H,2-7H2,1H3,(H,14,15). The second-order valence-electron chi connectivity index (χ2n) is 5.04. The molecule has 2 unspecified atom stereocenters. The van der Waals surface area contributed by atoms with E-state index in [1.165, 1.54) is 6.42 Å². The van der Waals surface area contributed by atoms with Crippen LogP contribution in [0.3, 0.4) is 0 Å². The topological polar surface area (TPSA) is 60.8 Å². The maximum Gasteiger partial charge on any atom is 0.320 e. The molecule has 15 heavy (non-hydrogen) atoms. The first-order valence-corrected chi connectivity index (χ1v) is 5.67. The fraction of sp³-hybridized carbons (Fsp3) is 0.909. The number of aliphatic hydroxyl groups excluding tert-OH is 1. The molecule has 0 aromatic heterocycles. The van der Waals surface area contributed by atoms with Gasteiger partial charge in [0.1, 0.15) is 6.04 Å². The summed E-state index contributed by atoms with van der Waals surface area (Å²) in [6, 6.07) is -0.418. The summed E-state index contributed by atoms with van der Waals surface area (Å²) in [5.41, 5.74) is 0.235. The minimum Gasteiger partial charge on any atom is -0.480 e. The Morgan fingerprint density at radius 2 is 2.27 bits per heavy atom. The highest BCUT2D eigenvalue weighted by Crippen LogP contribution is 2.51. The van der Waals surface area contributed by atoms with E-state index in [-0.39, 0.29) is 17.9 Å². The van der Waals surface area contributed by atoms with Crippen LogP contribution >= 0.6 is 0 Å². The number of hydrogen-bond donors (Lipinski definition) is 2. The van der Waals surface area contributed by atoms with Crippen molar-refractivity contribution in [2.45, 2.75) is 32.2 Å². The molecular weight excluding hydrogens is 194 g/mol. The molecular formula is C11H19NO3. The lowest BCUT2D eigenvalue weighted by Crippen LogP contribution is -2.41. The molecule has 2 aliphatic rings. The Balaban J connectivity index is 2.05. The van der Waals surface area contributed by atoms with Gasteiger partial charge in [0.2, 0.25) is 0 Å². The van der Waals surface area contributed by atoms with Crippen molar-refractivity contribution in [3.05, 3.63) is 0 Å². The predicted molar refractivity (Wildman–Crippen MR) is 55.5 cm³/mol. The van der Waals surface area contributed by atoms with Crippen LogP contribution in [-0.4, -0.2) is 46.8 Å². The lowest BCUT2D eigenvalue weighted by Gasteiger charge is -2.42. The maximum atomic E-state index is 10.9. The van der Waals surface area contributed by atoms with E-state index in [4.69, 9.17) is 5.11 Å². The van der Waals surface area contributed by atoms with Crippen molar-refractivity contribution >= 4 is 5.97 Å². The van der Waals surface area contributed by atoms with E-state index in [0.29, 0.717) is 0 Å². The first-order valence-electron chi connectivity index (χ1n) is 5.67. The molecule has 2 fully saturated rings. The SMILES string of the molecule is CC(C(=O)O)N1CC(CO)C2(CCC2)C1. The second kappa shape index (κ2) is 3.76. The fourth-order valence-corrected chi connectivity index (χ4v) is 2.97. The zero-order chi connectivity index (χ0) is 11.1. The van der Waals surface area contributed by atoms with Gasteiger partial charge in [-0.3, -0.25) is 9.69 Å². The number of hydrogen-bond acceptors (Lipinski definition) is 3. The molecule has 2 rings (SSSR count). The van der Waals surface area contributed by atoms with Crippen molar-refractivity contribution in [1.82, 2.24) is 4.90 Å². The fourth-order valence-electron chi connectivity index (χ4n) is 2.97. The summed E-state index contributed by atoms with van der Waals surface area (Å²) in [5.74, 6) is -0.476. The van der Waals surface area contributed by atoms with Crippen LogP contribution in [-0.2, 0) is 4.79 Å². The number of carbonyl (C=O) groups is 1. The number of likely N-dealkylation sites (tertiary alicyclic amines) is 1. The smallest absolute Gasteiger partial charge is 0.320 e. The monoisotopic (exact) mass is 213 g/mol. The molecule has 0 amide bonds. The summed E-state index contributed by atoms with van der Waals surface area (Å²) in [5, 5.41) is 18.3. The largest absolute Gasteiger partial charge is 0.480 e. The molecule has 0 aromatic carbocycles. The summed E-state index contributed by atoms with van der Waals surface area (Å²) in [6.45, 7) is 3.52. The van der Waals surface area contributed by atoms with Crippen LogP contribution in [0.5, 0.6) is 0 Å². The van der Waals surface area contributed by atoms with E-state index in [9.17, 15) is 9.90 Å². The number of aliphatic carboxylic acids is 1. The van der Waals surface area contributed by atoms with Gasteiger partial charge in [0.05, 0.1) is 0 Å². The number of nitrogens with zero attached hydrogens (tertiary/aromatic N) is 1. The van der Waals surface area contributed by atoms with Crippen molar-refractivity contribution in [3.8, 4) is 0 Å².